The third-order valence-electron chi connectivity index (χ3n) is 7.26. The van der Waals surface area contributed by atoms with Gasteiger partial charge in [0, 0.05) is 37.1 Å². The van der Waals surface area contributed by atoms with Crippen molar-refractivity contribution in [1.82, 2.24) is 14.9 Å². The summed E-state index contributed by atoms with van der Waals surface area (Å²) < 4.78 is 6.65. The van der Waals surface area contributed by atoms with Gasteiger partial charge in [0.2, 0.25) is 0 Å². The number of thiazole rings is 1. The topological polar surface area (TPSA) is 58.6 Å². The van der Waals surface area contributed by atoms with Gasteiger partial charge in [0.15, 0.2) is 5.13 Å². The number of aryl methyl sites for hydroxylation is 2. The lowest BCUT2D eigenvalue weighted by Crippen LogP contribution is -2.39. The standard InChI is InChI=1S/C32H32N4O2S/c1-22-19-23(2)30-29(20-22)34-32(39-30)36(14-8-13-35-15-17-38-18-16-35)31(37)26-21-28(24-9-4-3-5-10-24)33-27-12-7-6-11-25(26)27/h3-7,9-12,19-21H,8,13-18H2,1-2H3. The maximum atomic E-state index is 14.5. The number of benzene rings is 3. The SMILES string of the molecule is Cc1cc(C)c2sc(N(CCCN3CCOCC3)C(=O)c3cc(-c4ccccc4)nc4ccccc34)nc2c1. The van der Waals surface area contributed by atoms with Crippen molar-refractivity contribution in [2.45, 2.75) is 20.3 Å². The lowest BCUT2D eigenvalue weighted by Gasteiger charge is -2.28. The molecule has 0 radical (unpaired) electrons. The van der Waals surface area contributed by atoms with Crippen molar-refractivity contribution in [3.05, 3.63) is 89.5 Å². The third kappa shape index (κ3) is 5.43. The molecule has 1 aliphatic heterocycles. The summed E-state index contributed by atoms with van der Waals surface area (Å²) >= 11 is 1.60. The Labute approximate surface area is 232 Å². The molecule has 3 heterocycles. The van der Waals surface area contributed by atoms with Gasteiger partial charge in [0.25, 0.3) is 5.91 Å². The highest BCUT2D eigenvalue weighted by Crippen LogP contribution is 2.34. The fourth-order valence-corrected chi connectivity index (χ4v) is 6.34. The zero-order chi connectivity index (χ0) is 26.8. The number of morpholine rings is 1. The Morgan fingerprint density at radius 2 is 1.72 bits per heavy atom. The first-order valence-corrected chi connectivity index (χ1v) is 14.3. The van der Waals surface area contributed by atoms with E-state index in [4.69, 9.17) is 14.7 Å². The van der Waals surface area contributed by atoms with Crippen molar-refractivity contribution < 1.29 is 9.53 Å². The molecule has 6 nitrogen and oxygen atoms in total. The van der Waals surface area contributed by atoms with Gasteiger partial charge in [0.1, 0.15) is 0 Å². The lowest BCUT2D eigenvalue weighted by molar-refractivity contribution is 0.0376. The van der Waals surface area contributed by atoms with Crippen LogP contribution in [-0.4, -0.2) is 60.2 Å². The smallest absolute Gasteiger partial charge is 0.260 e. The van der Waals surface area contributed by atoms with E-state index in [0.717, 1.165) is 76.8 Å². The molecule has 0 N–H and O–H groups in total. The molecule has 0 saturated carbocycles. The molecular formula is C32H32N4O2S. The summed E-state index contributed by atoms with van der Waals surface area (Å²) in [6.07, 6.45) is 0.855. The van der Waals surface area contributed by atoms with E-state index >= 15 is 0 Å². The molecule has 1 fully saturated rings. The zero-order valence-electron chi connectivity index (χ0n) is 22.4. The molecule has 7 heteroatoms. The fourth-order valence-electron chi connectivity index (χ4n) is 5.30. The largest absolute Gasteiger partial charge is 0.379 e. The second-order valence-electron chi connectivity index (χ2n) is 10.1. The Bertz CT molecular complexity index is 1630. The molecule has 5 aromatic rings. The Balaban J connectivity index is 1.41. The summed E-state index contributed by atoms with van der Waals surface area (Å²) in [4.78, 5) is 28.7. The predicted molar refractivity (Wildman–Crippen MR) is 160 cm³/mol. The molecule has 198 valence electrons. The summed E-state index contributed by atoms with van der Waals surface area (Å²) in [5, 5.41) is 1.60. The van der Waals surface area contributed by atoms with Crippen LogP contribution in [0.15, 0.2) is 72.8 Å². The molecule has 0 atom stereocenters. The predicted octanol–water partition coefficient (Wildman–Crippen LogP) is 6.50. The molecule has 1 aliphatic rings. The number of pyridine rings is 1. The van der Waals surface area contributed by atoms with E-state index in [0.29, 0.717) is 12.1 Å². The van der Waals surface area contributed by atoms with Crippen molar-refractivity contribution in [3.8, 4) is 11.3 Å². The highest BCUT2D eigenvalue weighted by Gasteiger charge is 2.25. The number of hydrogen-bond donors (Lipinski definition) is 0. The monoisotopic (exact) mass is 536 g/mol. The quantitative estimate of drug-likeness (QED) is 0.238. The summed E-state index contributed by atoms with van der Waals surface area (Å²) in [6, 6.07) is 24.2. The number of carbonyl (C=O) groups is 1. The molecule has 0 bridgehead atoms. The van der Waals surface area contributed by atoms with Crippen molar-refractivity contribution in [2.24, 2.45) is 0 Å². The first kappa shape index (κ1) is 25.6. The second kappa shape index (κ2) is 11.2. The molecule has 1 amide bonds. The van der Waals surface area contributed by atoms with Gasteiger partial charge in [-0.25, -0.2) is 9.97 Å². The van der Waals surface area contributed by atoms with E-state index in [1.54, 1.807) is 11.3 Å². The number of fused-ring (bicyclic) bond motifs is 2. The Morgan fingerprint density at radius 3 is 2.54 bits per heavy atom. The van der Waals surface area contributed by atoms with E-state index in [-0.39, 0.29) is 5.91 Å². The molecule has 39 heavy (non-hydrogen) atoms. The average Bonchev–Trinajstić information content (AvgIpc) is 3.39. The van der Waals surface area contributed by atoms with Crippen LogP contribution in [0.3, 0.4) is 0 Å². The van der Waals surface area contributed by atoms with E-state index in [2.05, 4.69) is 30.9 Å². The minimum absolute atomic E-state index is 0.0406. The van der Waals surface area contributed by atoms with E-state index in [1.165, 1.54) is 11.1 Å². The number of anilines is 1. The molecule has 1 saturated heterocycles. The van der Waals surface area contributed by atoms with Gasteiger partial charge in [0.05, 0.1) is 40.2 Å². The Kier molecular flexibility index (Phi) is 7.37. The Hall–Kier alpha value is -3.65. The molecule has 0 unspecified atom stereocenters. The highest BCUT2D eigenvalue weighted by atomic mass is 32.1. The minimum atomic E-state index is -0.0406. The van der Waals surface area contributed by atoms with Crippen molar-refractivity contribution in [1.29, 1.82) is 0 Å². The van der Waals surface area contributed by atoms with Crippen LogP contribution < -0.4 is 4.90 Å². The number of hydrogen-bond acceptors (Lipinski definition) is 6. The van der Waals surface area contributed by atoms with Crippen molar-refractivity contribution in [3.63, 3.8) is 0 Å². The van der Waals surface area contributed by atoms with Crippen LogP contribution in [0.5, 0.6) is 0 Å². The van der Waals surface area contributed by atoms with Crippen molar-refractivity contribution in [2.75, 3.05) is 44.3 Å². The average molecular weight is 537 g/mol. The number of para-hydroxylation sites is 1. The van der Waals surface area contributed by atoms with Crippen LogP contribution in [0.4, 0.5) is 5.13 Å². The van der Waals surface area contributed by atoms with Crippen LogP contribution >= 0.6 is 11.3 Å². The van der Waals surface area contributed by atoms with Gasteiger partial charge in [-0.1, -0.05) is 65.9 Å². The van der Waals surface area contributed by atoms with Crippen LogP contribution in [0.1, 0.15) is 27.9 Å². The van der Waals surface area contributed by atoms with Crippen LogP contribution in [0.2, 0.25) is 0 Å². The number of carbonyl (C=O) groups excluding carboxylic acids is 1. The van der Waals surface area contributed by atoms with Gasteiger partial charge in [-0.05, 0) is 49.6 Å². The molecule has 0 aliphatic carbocycles. The third-order valence-corrected chi connectivity index (χ3v) is 8.49. The second-order valence-corrected chi connectivity index (χ2v) is 11.1. The lowest BCUT2D eigenvalue weighted by atomic mass is 10.0. The number of amides is 1. The summed E-state index contributed by atoms with van der Waals surface area (Å²) in [5.74, 6) is -0.0406. The summed E-state index contributed by atoms with van der Waals surface area (Å²) in [7, 11) is 0. The molecule has 6 rings (SSSR count). The number of aromatic nitrogens is 2. The van der Waals surface area contributed by atoms with Gasteiger partial charge < -0.3 is 4.74 Å². The zero-order valence-corrected chi connectivity index (χ0v) is 23.2. The minimum Gasteiger partial charge on any atom is -0.379 e. The molecule has 3 aromatic carbocycles. The van der Waals surface area contributed by atoms with Gasteiger partial charge in [-0.15, -0.1) is 0 Å². The van der Waals surface area contributed by atoms with Crippen molar-refractivity contribution >= 4 is 43.5 Å². The summed E-state index contributed by atoms with van der Waals surface area (Å²) in [5.41, 5.74) is 6.56. The molecule has 2 aromatic heterocycles. The van der Waals surface area contributed by atoms with Gasteiger partial charge in [-0.3, -0.25) is 14.6 Å². The molecular weight excluding hydrogens is 504 g/mol. The first-order chi connectivity index (χ1) is 19.1. The van der Waals surface area contributed by atoms with Crippen LogP contribution in [0, 0.1) is 13.8 Å². The fraction of sp³-hybridized carbons (Fsp3) is 0.281. The summed E-state index contributed by atoms with van der Waals surface area (Å²) in [6.45, 7) is 9.12. The maximum absolute atomic E-state index is 14.5. The van der Waals surface area contributed by atoms with Crippen LogP contribution in [0.25, 0.3) is 32.4 Å². The van der Waals surface area contributed by atoms with E-state index < -0.39 is 0 Å². The Morgan fingerprint density at radius 1 is 0.949 bits per heavy atom. The number of rotatable bonds is 7. The normalized spacial score (nSPS) is 14.2. The van der Waals surface area contributed by atoms with E-state index in [1.807, 2.05) is 65.6 Å². The number of ether oxygens (including phenoxy) is 1. The van der Waals surface area contributed by atoms with Gasteiger partial charge in [-0.2, -0.15) is 0 Å². The number of nitrogens with zero attached hydrogens (tertiary/aromatic N) is 4. The maximum Gasteiger partial charge on any atom is 0.260 e. The van der Waals surface area contributed by atoms with Gasteiger partial charge >= 0.3 is 0 Å². The molecule has 0 spiro atoms. The first-order valence-electron chi connectivity index (χ1n) is 13.5. The highest BCUT2D eigenvalue weighted by molar-refractivity contribution is 7.22. The van der Waals surface area contributed by atoms with Crippen LogP contribution in [-0.2, 0) is 4.74 Å². The van der Waals surface area contributed by atoms with E-state index in [9.17, 15) is 4.79 Å².